The molecule has 0 amide bonds. The standard InChI is InChI=1S/C11H18N4O2/c1-8(2)6-15(3)10-4-9(13-7-14-10)12-5-11(16)17/h4,7-8H,5-6H2,1-3H3,(H,16,17)(H,12,13,14). The van der Waals surface area contributed by atoms with Crippen molar-refractivity contribution in [1.29, 1.82) is 0 Å². The number of aliphatic carboxylic acids is 1. The van der Waals surface area contributed by atoms with E-state index in [4.69, 9.17) is 5.11 Å². The fourth-order valence-electron chi connectivity index (χ4n) is 1.46. The van der Waals surface area contributed by atoms with Crippen LogP contribution >= 0.6 is 0 Å². The van der Waals surface area contributed by atoms with Gasteiger partial charge in [-0.15, -0.1) is 0 Å². The Kier molecular flexibility index (Phi) is 4.68. The summed E-state index contributed by atoms with van der Waals surface area (Å²) < 4.78 is 0. The van der Waals surface area contributed by atoms with E-state index in [2.05, 4.69) is 29.1 Å². The molecule has 1 heterocycles. The molecule has 0 bridgehead atoms. The van der Waals surface area contributed by atoms with Crippen LogP contribution < -0.4 is 10.2 Å². The van der Waals surface area contributed by atoms with Crippen molar-refractivity contribution in [3.05, 3.63) is 12.4 Å². The number of hydrogen-bond acceptors (Lipinski definition) is 5. The first-order valence-corrected chi connectivity index (χ1v) is 5.48. The van der Waals surface area contributed by atoms with Crippen molar-refractivity contribution in [2.24, 2.45) is 5.92 Å². The Hall–Kier alpha value is -1.85. The van der Waals surface area contributed by atoms with Crippen molar-refractivity contribution >= 4 is 17.6 Å². The van der Waals surface area contributed by atoms with Crippen LogP contribution in [0.4, 0.5) is 11.6 Å². The topological polar surface area (TPSA) is 78.4 Å². The Morgan fingerprint density at radius 3 is 2.82 bits per heavy atom. The number of carbonyl (C=O) groups is 1. The van der Waals surface area contributed by atoms with E-state index >= 15 is 0 Å². The minimum Gasteiger partial charge on any atom is -0.480 e. The molecule has 0 aliphatic rings. The van der Waals surface area contributed by atoms with Crippen LogP contribution in [0.5, 0.6) is 0 Å². The van der Waals surface area contributed by atoms with E-state index in [9.17, 15) is 4.79 Å². The van der Waals surface area contributed by atoms with Crippen molar-refractivity contribution in [2.75, 3.05) is 30.4 Å². The second kappa shape index (κ2) is 6.03. The van der Waals surface area contributed by atoms with Gasteiger partial charge in [0.25, 0.3) is 0 Å². The highest BCUT2D eigenvalue weighted by molar-refractivity contribution is 5.72. The molecule has 6 heteroatoms. The van der Waals surface area contributed by atoms with E-state index in [1.807, 2.05) is 11.9 Å². The number of aromatic nitrogens is 2. The first-order chi connectivity index (χ1) is 7.99. The molecular weight excluding hydrogens is 220 g/mol. The third-order valence-electron chi connectivity index (χ3n) is 2.10. The number of nitrogens with zero attached hydrogens (tertiary/aromatic N) is 3. The van der Waals surface area contributed by atoms with Gasteiger partial charge in [0.2, 0.25) is 0 Å². The summed E-state index contributed by atoms with van der Waals surface area (Å²) in [5.74, 6) is 0.917. The summed E-state index contributed by atoms with van der Waals surface area (Å²) in [6.45, 7) is 4.99. The van der Waals surface area contributed by atoms with Crippen molar-refractivity contribution in [3.8, 4) is 0 Å². The first kappa shape index (κ1) is 13.2. The van der Waals surface area contributed by atoms with Crippen molar-refractivity contribution in [1.82, 2.24) is 9.97 Å². The van der Waals surface area contributed by atoms with E-state index in [1.54, 1.807) is 6.07 Å². The van der Waals surface area contributed by atoms with Crippen LogP contribution in [0.3, 0.4) is 0 Å². The second-order valence-electron chi connectivity index (χ2n) is 4.28. The molecule has 94 valence electrons. The van der Waals surface area contributed by atoms with E-state index in [1.165, 1.54) is 6.33 Å². The minimum atomic E-state index is -0.916. The van der Waals surface area contributed by atoms with E-state index in [0.29, 0.717) is 11.7 Å². The smallest absolute Gasteiger partial charge is 0.322 e. The summed E-state index contributed by atoms with van der Waals surface area (Å²) >= 11 is 0. The van der Waals surface area contributed by atoms with Crippen molar-refractivity contribution in [3.63, 3.8) is 0 Å². The maximum absolute atomic E-state index is 10.4. The lowest BCUT2D eigenvalue weighted by Crippen LogP contribution is -2.23. The van der Waals surface area contributed by atoms with E-state index in [-0.39, 0.29) is 6.54 Å². The van der Waals surface area contributed by atoms with Crippen molar-refractivity contribution in [2.45, 2.75) is 13.8 Å². The Morgan fingerprint density at radius 1 is 1.53 bits per heavy atom. The summed E-state index contributed by atoms with van der Waals surface area (Å²) in [6.07, 6.45) is 1.43. The fraction of sp³-hybridized carbons (Fsp3) is 0.545. The molecule has 6 nitrogen and oxygen atoms in total. The Morgan fingerprint density at radius 2 is 2.24 bits per heavy atom. The molecule has 0 fully saturated rings. The molecule has 1 aromatic rings. The molecule has 0 aliphatic heterocycles. The quantitative estimate of drug-likeness (QED) is 0.771. The van der Waals surface area contributed by atoms with Gasteiger partial charge < -0.3 is 15.3 Å². The van der Waals surface area contributed by atoms with Gasteiger partial charge in [-0.2, -0.15) is 0 Å². The summed E-state index contributed by atoms with van der Waals surface area (Å²) in [5.41, 5.74) is 0. The zero-order valence-electron chi connectivity index (χ0n) is 10.3. The lowest BCUT2D eigenvalue weighted by Gasteiger charge is -2.20. The zero-order valence-corrected chi connectivity index (χ0v) is 10.3. The Labute approximate surface area is 101 Å². The highest BCUT2D eigenvalue weighted by Crippen LogP contribution is 2.13. The number of nitrogens with one attached hydrogen (secondary N) is 1. The molecule has 0 saturated heterocycles. The summed E-state index contributed by atoms with van der Waals surface area (Å²) in [7, 11) is 1.95. The molecule has 0 aromatic carbocycles. The van der Waals surface area contributed by atoms with Crippen molar-refractivity contribution < 1.29 is 9.90 Å². The SMILES string of the molecule is CC(C)CN(C)c1cc(NCC(=O)O)ncn1. The second-order valence-corrected chi connectivity index (χ2v) is 4.28. The van der Waals surface area contributed by atoms with Crippen LogP contribution in [0, 0.1) is 5.92 Å². The molecule has 0 spiro atoms. The number of hydrogen-bond donors (Lipinski definition) is 2. The van der Waals surface area contributed by atoms with Crippen LogP contribution in [-0.2, 0) is 4.79 Å². The van der Waals surface area contributed by atoms with E-state index < -0.39 is 5.97 Å². The van der Waals surface area contributed by atoms with Crippen LogP contribution in [0.15, 0.2) is 12.4 Å². The van der Waals surface area contributed by atoms with Crippen LogP contribution in [0.2, 0.25) is 0 Å². The number of rotatable bonds is 6. The fourth-order valence-corrected chi connectivity index (χ4v) is 1.46. The average Bonchev–Trinajstić information content (AvgIpc) is 2.26. The average molecular weight is 238 g/mol. The predicted octanol–water partition coefficient (Wildman–Crippen LogP) is 1.07. The van der Waals surface area contributed by atoms with Gasteiger partial charge in [0.15, 0.2) is 0 Å². The first-order valence-electron chi connectivity index (χ1n) is 5.48. The molecular formula is C11H18N4O2. The highest BCUT2D eigenvalue weighted by atomic mass is 16.4. The molecule has 0 atom stereocenters. The molecule has 2 N–H and O–H groups in total. The van der Waals surface area contributed by atoms with Gasteiger partial charge in [0.05, 0.1) is 0 Å². The van der Waals surface area contributed by atoms with Crippen LogP contribution in [-0.4, -0.2) is 41.2 Å². The monoisotopic (exact) mass is 238 g/mol. The van der Waals surface area contributed by atoms with E-state index in [0.717, 1.165) is 12.4 Å². The maximum atomic E-state index is 10.4. The predicted molar refractivity (Wildman–Crippen MR) is 66.3 cm³/mol. The molecule has 0 unspecified atom stereocenters. The van der Waals surface area contributed by atoms with Gasteiger partial charge in [-0.25, -0.2) is 9.97 Å². The number of anilines is 2. The lowest BCUT2D eigenvalue weighted by atomic mass is 10.2. The number of carboxylic acids is 1. The van der Waals surface area contributed by atoms with Gasteiger partial charge in [0.1, 0.15) is 24.5 Å². The van der Waals surface area contributed by atoms with Gasteiger partial charge >= 0.3 is 5.97 Å². The molecule has 17 heavy (non-hydrogen) atoms. The molecule has 1 aromatic heterocycles. The third kappa shape index (κ3) is 4.67. The van der Waals surface area contributed by atoms with Crippen LogP contribution in [0.25, 0.3) is 0 Å². The molecule has 0 radical (unpaired) electrons. The van der Waals surface area contributed by atoms with Gasteiger partial charge in [0, 0.05) is 19.7 Å². The Bertz CT molecular complexity index is 381. The lowest BCUT2D eigenvalue weighted by molar-refractivity contribution is -0.134. The van der Waals surface area contributed by atoms with Gasteiger partial charge in [-0.1, -0.05) is 13.8 Å². The number of carboxylic acid groups (broad SMARTS) is 1. The van der Waals surface area contributed by atoms with Gasteiger partial charge in [-0.05, 0) is 5.92 Å². The Balaban J connectivity index is 2.67. The third-order valence-corrected chi connectivity index (χ3v) is 2.10. The minimum absolute atomic E-state index is 0.148. The largest absolute Gasteiger partial charge is 0.480 e. The summed E-state index contributed by atoms with van der Waals surface area (Å²) in [4.78, 5) is 20.5. The molecule has 0 saturated carbocycles. The van der Waals surface area contributed by atoms with Crippen LogP contribution in [0.1, 0.15) is 13.8 Å². The molecule has 0 aliphatic carbocycles. The zero-order chi connectivity index (χ0) is 12.8. The normalized spacial score (nSPS) is 10.4. The molecule has 1 rings (SSSR count). The summed E-state index contributed by atoms with van der Waals surface area (Å²) in [6, 6.07) is 1.74. The summed E-state index contributed by atoms with van der Waals surface area (Å²) in [5, 5.41) is 11.3. The van der Waals surface area contributed by atoms with Gasteiger partial charge in [-0.3, -0.25) is 4.79 Å². The highest BCUT2D eigenvalue weighted by Gasteiger charge is 2.06. The maximum Gasteiger partial charge on any atom is 0.322 e.